The van der Waals surface area contributed by atoms with Gasteiger partial charge in [-0.25, -0.2) is 4.79 Å². The van der Waals surface area contributed by atoms with Crippen molar-refractivity contribution in [2.75, 3.05) is 13.8 Å². The smallest absolute Gasteiger partial charge is 0.344 e. The lowest BCUT2D eigenvalue weighted by Crippen LogP contribution is -2.32. The average Bonchev–Trinajstić information content (AvgIpc) is 2.80. The third kappa shape index (κ3) is 3.47. The molecule has 5 heteroatoms. The summed E-state index contributed by atoms with van der Waals surface area (Å²) in [6, 6.07) is 21.6. The van der Waals surface area contributed by atoms with E-state index in [2.05, 4.69) is 4.90 Å². The molecule has 4 aromatic rings. The van der Waals surface area contributed by atoms with Crippen molar-refractivity contribution in [3.63, 3.8) is 0 Å². The van der Waals surface area contributed by atoms with Crippen molar-refractivity contribution in [1.29, 1.82) is 0 Å². The molecule has 0 unspecified atom stereocenters. The number of rotatable bonds is 4. The molecule has 5 nitrogen and oxygen atoms in total. The summed E-state index contributed by atoms with van der Waals surface area (Å²) in [4.78, 5) is 15.1. The molecule has 0 saturated heterocycles. The monoisotopic (exact) mass is 413 g/mol. The zero-order chi connectivity index (χ0) is 21.4. The molecular formula is C26H23NO4. The minimum Gasteiger partial charge on any atom is -0.496 e. The summed E-state index contributed by atoms with van der Waals surface area (Å²) in [5.41, 5.74) is 4.65. The van der Waals surface area contributed by atoms with Crippen molar-refractivity contribution in [2.45, 2.75) is 20.0 Å². The largest absolute Gasteiger partial charge is 0.496 e. The molecule has 2 heterocycles. The molecule has 0 fully saturated rings. The fraction of sp³-hybridized carbons (Fsp3) is 0.192. The van der Waals surface area contributed by atoms with Crippen molar-refractivity contribution in [3.05, 3.63) is 93.8 Å². The summed E-state index contributed by atoms with van der Waals surface area (Å²) < 4.78 is 17.4. The van der Waals surface area contributed by atoms with E-state index in [-0.39, 0.29) is 5.63 Å². The standard InChI is InChI=1S/C26H23NO4/c1-17-20-12-13-23-21(25(20)31-26(28)24(17)18-8-4-3-5-9-18)15-27(16-30-23)14-19-10-6-7-11-22(19)29-2/h3-13H,14-16H2,1-2H3. The second-order valence-corrected chi connectivity index (χ2v) is 7.75. The van der Waals surface area contributed by atoms with Crippen molar-refractivity contribution in [2.24, 2.45) is 0 Å². The highest BCUT2D eigenvalue weighted by molar-refractivity contribution is 5.90. The van der Waals surface area contributed by atoms with E-state index in [4.69, 9.17) is 13.9 Å². The normalized spacial score (nSPS) is 13.6. The average molecular weight is 413 g/mol. The van der Waals surface area contributed by atoms with Gasteiger partial charge in [-0.2, -0.15) is 0 Å². The maximum Gasteiger partial charge on any atom is 0.344 e. The zero-order valence-electron chi connectivity index (χ0n) is 17.6. The Morgan fingerprint density at radius 1 is 1.00 bits per heavy atom. The number of ether oxygens (including phenoxy) is 2. The highest BCUT2D eigenvalue weighted by Gasteiger charge is 2.24. The van der Waals surface area contributed by atoms with Gasteiger partial charge in [-0.15, -0.1) is 0 Å². The number of benzene rings is 3. The predicted octanol–water partition coefficient (Wildman–Crippen LogP) is 5.13. The second-order valence-electron chi connectivity index (χ2n) is 7.75. The van der Waals surface area contributed by atoms with Crippen LogP contribution in [0.15, 0.2) is 75.9 Å². The third-order valence-corrected chi connectivity index (χ3v) is 5.83. The van der Waals surface area contributed by atoms with Gasteiger partial charge in [0.25, 0.3) is 0 Å². The molecule has 0 N–H and O–H groups in total. The Kier molecular flexibility index (Phi) is 4.96. The molecule has 0 atom stereocenters. The van der Waals surface area contributed by atoms with E-state index in [1.807, 2.05) is 73.7 Å². The summed E-state index contributed by atoms with van der Waals surface area (Å²) >= 11 is 0. The molecule has 3 aromatic carbocycles. The zero-order valence-corrected chi connectivity index (χ0v) is 17.6. The van der Waals surface area contributed by atoms with Crippen molar-refractivity contribution < 1.29 is 13.9 Å². The van der Waals surface area contributed by atoms with Gasteiger partial charge in [0.15, 0.2) is 0 Å². The van der Waals surface area contributed by atoms with Crippen LogP contribution in [0.2, 0.25) is 0 Å². The van der Waals surface area contributed by atoms with Gasteiger partial charge in [0.05, 0.1) is 18.2 Å². The second kappa shape index (κ2) is 7.93. The van der Waals surface area contributed by atoms with Gasteiger partial charge < -0.3 is 13.9 Å². The number of hydrogen-bond donors (Lipinski definition) is 0. The molecule has 31 heavy (non-hydrogen) atoms. The van der Waals surface area contributed by atoms with E-state index in [1.54, 1.807) is 7.11 Å². The van der Waals surface area contributed by atoms with Gasteiger partial charge in [0, 0.05) is 24.0 Å². The molecule has 1 aliphatic rings. The Labute approximate surface area is 180 Å². The summed E-state index contributed by atoms with van der Waals surface area (Å²) in [5, 5.41) is 0.931. The molecule has 1 aliphatic heterocycles. The van der Waals surface area contributed by atoms with Crippen LogP contribution < -0.4 is 15.1 Å². The lowest BCUT2D eigenvalue weighted by molar-refractivity contribution is 0.0882. The Balaban J connectivity index is 1.56. The Hall–Kier alpha value is -3.57. The van der Waals surface area contributed by atoms with Crippen molar-refractivity contribution >= 4 is 11.0 Å². The molecule has 0 aliphatic carbocycles. The summed E-state index contributed by atoms with van der Waals surface area (Å²) in [7, 11) is 1.68. The van der Waals surface area contributed by atoms with E-state index in [9.17, 15) is 4.79 Å². The maximum absolute atomic E-state index is 13.0. The number of fused-ring (bicyclic) bond motifs is 3. The van der Waals surface area contributed by atoms with E-state index >= 15 is 0 Å². The van der Waals surface area contributed by atoms with E-state index in [0.29, 0.717) is 31.0 Å². The van der Waals surface area contributed by atoms with E-state index < -0.39 is 0 Å². The first-order valence-corrected chi connectivity index (χ1v) is 10.3. The van der Waals surface area contributed by atoms with Crippen LogP contribution in [0.3, 0.4) is 0 Å². The molecular weight excluding hydrogens is 390 g/mol. The first-order chi connectivity index (χ1) is 15.2. The van der Waals surface area contributed by atoms with Gasteiger partial charge in [0.2, 0.25) is 0 Å². The van der Waals surface area contributed by atoms with Gasteiger partial charge in [-0.1, -0.05) is 48.5 Å². The summed E-state index contributed by atoms with van der Waals surface area (Å²) in [5.74, 6) is 1.61. The maximum atomic E-state index is 13.0. The minimum absolute atomic E-state index is 0.327. The van der Waals surface area contributed by atoms with Crippen molar-refractivity contribution in [1.82, 2.24) is 4.90 Å². The number of aryl methyl sites for hydroxylation is 1. The fourth-order valence-electron chi connectivity index (χ4n) is 4.28. The number of hydrogen-bond acceptors (Lipinski definition) is 5. The fourth-order valence-corrected chi connectivity index (χ4v) is 4.28. The minimum atomic E-state index is -0.327. The lowest BCUT2D eigenvalue weighted by Gasteiger charge is -2.29. The SMILES string of the molecule is COc1ccccc1CN1COc2ccc3c(C)c(-c4ccccc4)c(=O)oc3c2C1. The van der Waals surface area contributed by atoms with Crippen LogP contribution >= 0.6 is 0 Å². The quantitative estimate of drug-likeness (QED) is 0.434. The Bertz CT molecular complexity index is 1310. The molecule has 0 saturated carbocycles. The Morgan fingerprint density at radius 3 is 2.58 bits per heavy atom. The third-order valence-electron chi connectivity index (χ3n) is 5.83. The number of nitrogens with zero attached hydrogens (tertiary/aromatic N) is 1. The van der Waals surface area contributed by atoms with Gasteiger partial charge >= 0.3 is 5.63 Å². The van der Waals surface area contributed by atoms with Crippen LogP contribution in [0, 0.1) is 6.92 Å². The first-order valence-electron chi connectivity index (χ1n) is 10.3. The van der Waals surface area contributed by atoms with Crippen LogP contribution in [0.1, 0.15) is 16.7 Å². The van der Waals surface area contributed by atoms with Crippen molar-refractivity contribution in [3.8, 4) is 22.6 Å². The van der Waals surface area contributed by atoms with Crippen LogP contribution in [0.25, 0.3) is 22.1 Å². The molecule has 0 amide bonds. The highest BCUT2D eigenvalue weighted by Crippen LogP contribution is 2.36. The number of methoxy groups -OCH3 is 1. The van der Waals surface area contributed by atoms with E-state index in [0.717, 1.165) is 39.1 Å². The number of para-hydroxylation sites is 1. The predicted molar refractivity (Wildman–Crippen MR) is 120 cm³/mol. The summed E-state index contributed by atoms with van der Waals surface area (Å²) in [6.07, 6.45) is 0. The summed E-state index contributed by atoms with van der Waals surface area (Å²) in [6.45, 7) is 3.73. The lowest BCUT2D eigenvalue weighted by atomic mass is 9.97. The molecule has 156 valence electrons. The van der Waals surface area contributed by atoms with Gasteiger partial charge in [-0.05, 0) is 36.2 Å². The van der Waals surface area contributed by atoms with Crippen LogP contribution in [0.4, 0.5) is 0 Å². The molecule has 5 rings (SSSR count). The highest BCUT2D eigenvalue weighted by atomic mass is 16.5. The topological polar surface area (TPSA) is 51.9 Å². The first kappa shape index (κ1) is 19.4. The van der Waals surface area contributed by atoms with Crippen LogP contribution in [-0.4, -0.2) is 18.7 Å². The van der Waals surface area contributed by atoms with E-state index in [1.165, 1.54) is 0 Å². The molecule has 0 bridgehead atoms. The van der Waals surface area contributed by atoms with Gasteiger partial charge in [0.1, 0.15) is 23.8 Å². The molecule has 0 radical (unpaired) electrons. The van der Waals surface area contributed by atoms with Gasteiger partial charge in [-0.3, -0.25) is 4.90 Å². The van der Waals surface area contributed by atoms with Crippen LogP contribution in [0.5, 0.6) is 11.5 Å². The molecule has 1 aromatic heterocycles. The molecule has 0 spiro atoms. The van der Waals surface area contributed by atoms with Crippen LogP contribution in [-0.2, 0) is 13.1 Å². The Morgan fingerprint density at radius 2 is 1.77 bits per heavy atom.